The van der Waals surface area contributed by atoms with E-state index in [1.165, 1.54) is 11.1 Å². The quantitative estimate of drug-likeness (QED) is 0.821. The highest BCUT2D eigenvalue weighted by molar-refractivity contribution is 5.85. The Morgan fingerprint density at radius 1 is 1.24 bits per heavy atom. The largest absolute Gasteiger partial charge is 0.380 e. The topological polar surface area (TPSA) is 47.3 Å². The minimum Gasteiger partial charge on any atom is -0.380 e. The standard InChI is InChI=1S/C13H22N2O.ClH/c1-13(2,14)10-15-8-11-6-4-5-7-12(11)9-16-3;/h4-7,15H,8-10,14H2,1-3H3;1H. The van der Waals surface area contributed by atoms with Gasteiger partial charge in [0, 0.05) is 25.7 Å². The molecule has 0 saturated heterocycles. The highest BCUT2D eigenvalue weighted by atomic mass is 35.5. The van der Waals surface area contributed by atoms with Crippen LogP contribution >= 0.6 is 12.4 Å². The number of nitrogens with one attached hydrogen (secondary N) is 1. The van der Waals surface area contributed by atoms with Crippen molar-refractivity contribution in [3.8, 4) is 0 Å². The van der Waals surface area contributed by atoms with Crippen LogP contribution in [0.1, 0.15) is 25.0 Å². The van der Waals surface area contributed by atoms with E-state index in [1.54, 1.807) is 7.11 Å². The Labute approximate surface area is 110 Å². The summed E-state index contributed by atoms with van der Waals surface area (Å²) in [6.45, 7) is 6.32. The molecule has 0 spiro atoms. The summed E-state index contributed by atoms with van der Waals surface area (Å²) >= 11 is 0. The van der Waals surface area contributed by atoms with Crippen LogP contribution in [-0.4, -0.2) is 19.2 Å². The smallest absolute Gasteiger partial charge is 0.0716 e. The lowest BCUT2D eigenvalue weighted by Gasteiger charge is -2.19. The molecule has 98 valence electrons. The highest BCUT2D eigenvalue weighted by Gasteiger charge is 2.09. The van der Waals surface area contributed by atoms with Gasteiger partial charge in [-0.2, -0.15) is 0 Å². The van der Waals surface area contributed by atoms with Crippen LogP contribution in [0.15, 0.2) is 24.3 Å². The van der Waals surface area contributed by atoms with Crippen LogP contribution in [0, 0.1) is 0 Å². The summed E-state index contributed by atoms with van der Waals surface area (Å²) in [5, 5.41) is 3.36. The van der Waals surface area contributed by atoms with Gasteiger partial charge in [-0.15, -0.1) is 12.4 Å². The van der Waals surface area contributed by atoms with Gasteiger partial charge in [-0.3, -0.25) is 0 Å². The molecular formula is C13H23ClN2O. The van der Waals surface area contributed by atoms with Crippen molar-refractivity contribution < 1.29 is 4.74 Å². The van der Waals surface area contributed by atoms with Gasteiger partial charge in [0.1, 0.15) is 0 Å². The molecule has 0 aromatic heterocycles. The first-order valence-electron chi connectivity index (χ1n) is 5.58. The Balaban J connectivity index is 0.00000256. The zero-order valence-corrected chi connectivity index (χ0v) is 11.6. The molecule has 3 N–H and O–H groups in total. The molecule has 0 radical (unpaired) electrons. The molecule has 0 unspecified atom stereocenters. The van der Waals surface area contributed by atoms with Crippen LogP contribution in [-0.2, 0) is 17.9 Å². The average Bonchev–Trinajstić information content (AvgIpc) is 2.19. The number of hydrogen-bond acceptors (Lipinski definition) is 3. The molecule has 0 aliphatic carbocycles. The van der Waals surface area contributed by atoms with Gasteiger partial charge in [0.15, 0.2) is 0 Å². The Bertz CT molecular complexity index is 323. The lowest BCUT2D eigenvalue weighted by molar-refractivity contribution is 0.184. The lowest BCUT2D eigenvalue weighted by Crippen LogP contribution is -2.42. The molecular weight excluding hydrogens is 236 g/mol. The van der Waals surface area contributed by atoms with Gasteiger partial charge in [0.2, 0.25) is 0 Å². The number of nitrogens with two attached hydrogens (primary N) is 1. The van der Waals surface area contributed by atoms with Crippen molar-refractivity contribution in [1.82, 2.24) is 5.32 Å². The third kappa shape index (κ3) is 6.64. The number of rotatable bonds is 6. The van der Waals surface area contributed by atoms with E-state index in [0.29, 0.717) is 6.61 Å². The molecule has 0 fully saturated rings. The predicted molar refractivity (Wildman–Crippen MR) is 74.4 cm³/mol. The van der Waals surface area contributed by atoms with Crippen LogP contribution < -0.4 is 11.1 Å². The van der Waals surface area contributed by atoms with Gasteiger partial charge < -0.3 is 15.8 Å². The third-order valence-corrected chi connectivity index (χ3v) is 2.31. The molecule has 0 heterocycles. The molecule has 0 bridgehead atoms. The summed E-state index contributed by atoms with van der Waals surface area (Å²) in [5.41, 5.74) is 8.24. The minimum absolute atomic E-state index is 0. The lowest BCUT2D eigenvalue weighted by atomic mass is 10.1. The molecule has 3 nitrogen and oxygen atoms in total. The summed E-state index contributed by atoms with van der Waals surface area (Å²) < 4.78 is 5.16. The van der Waals surface area contributed by atoms with Gasteiger partial charge in [-0.1, -0.05) is 24.3 Å². The third-order valence-electron chi connectivity index (χ3n) is 2.31. The molecule has 1 aromatic carbocycles. The second-order valence-electron chi connectivity index (χ2n) is 4.79. The van der Waals surface area contributed by atoms with Crippen LogP contribution in [0.3, 0.4) is 0 Å². The van der Waals surface area contributed by atoms with Crippen molar-refractivity contribution in [2.45, 2.75) is 32.5 Å². The molecule has 4 heteroatoms. The summed E-state index contributed by atoms with van der Waals surface area (Å²) in [7, 11) is 1.72. The van der Waals surface area contributed by atoms with E-state index in [4.69, 9.17) is 10.5 Å². The predicted octanol–water partition coefficient (Wildman–Crippen LogP) is 2.08. The Morgan fingerprint density at radius 2 is 1.82 bits per heavy atom. The van der Waals surface area contributed by atoms with Crippen molar-refractivity contribution >= 4 is 12.4 Å². The first-order valence-corrected chi connectivity index (χ1v) is 5.58. The number of benzene rings is 1. The van der Waals surface area contributed by atoms with Gasteiger partial charge in [0.05, 0.1) is 6.61 Å². The maximum absolute atomic E-state index is 5.91. The molecule has 17 heavy (non-hydrogen) atoms. The monoisotopic (exact) mass is 258 g/mol. The number of methoxy groups -OCH3 is 1. The van der Waals surface area contributed by atoms with Crippen LogP contribution in [0.4, 0.5) is 0 Å². The van der Waals surface area contributed by atoms with E-state index >= 15 is 0 Å². The Morgan fingerprint density at radius 3 is 2.35 bits per heavy atom. The Kier molecular flexibility index (Phi) is 7.39. The van der Waals surface area contributed by atoms with E-state index in [9.17, 15) is 0 Å². The minimum atomic E-state index is -0.170. The summed E-state index contributed by atoms with van der Waals surface area (Å²) in [6, 6.07) is 8.29. The molecule has 0 atom stereocenters. The summed E-state index contributed by atoms with van der Waals surface area (Å²) in [5.74, 6) is 0. The van der Waals surface area contributed by atoms with E-state index < -0.39 is 0 Å². The Hall–Kier alpha value is -0.610. The summed E-state index contributed by atoms with van der Waals surface area (Å²) in [6.07, 6.45) is 0. The van der Waals surface area contributed by atoms with Crippen molar-refractivity contribution in [1.29, 1.82) is 0 Å². The number of ether oxygens (including phenoxy) is 1. The molecule has 1 aromatic rings. The van der Waals surface area contributed by atoms with Crippen molar-refractivity contribution in [2.24, 2.45) is 5.73 Å². The highest BCUT2D eigenvalue weighted by Crippen LogP contribution is 2.09. The van der Waals surface area contributed by atoms with Gasteiger partial charge in [-0.25, -0.2) is 0 Å². The summed E-state index contributed by atoms with van der Waals surface area (Å²) in [4.78, 5) is 0. The van der Waals surface area contributed by atoms with Crippen molar-refractivity contribution in [2.75, 3.05) is 13.7 Å². The first kappa shape index (κ1) is 16.4. The van der Waals surface area contributed by atoms with Crippen molar-refractivity contribution in [3.05, 3.63) is 35.4 Å². The normalized spacial score (nSPS) is 11.1. The van der Waals surface area contributed by atoms with Gasteiger partial charge in [-0.05, 0) is 25.0 Å². The maximum atomic E-state index is 5.91. The van der Waals surface area contributed by atoms with Gasteiger partial charge >= 0.3 is 0 Å². The number of halogens is 1. The fourth-order valence-corrected chi connectivity index (χ4v) is 1.55. The van der Waals surface area contributed by atoms with E-state index in [1.807, 2.05) is 26.0 Å². The van der Waals surface area contributed by atoms with Crippen LogP contribution in [0.2, 0.25) is 0 Å². The molecule has 0 aliphatic heterocycles. The second kappa shape index (κ2) is 7.67. The molecule has 0 aliphatic rings. The van der Waals surface area contributed by atoms with Gasteiger partial charge in [0.25, 0.3) is 0 Å². The maximum Gasteiger partial charge on any atom is 0.0716 e. The second-order valence-corrected chi connectivity index (χ2v) is 4.79. The van der Waals surface area contributed by atoms with Crippen LogP contribution in [0.25, 0.3) is 0 Å². The number of hydrogen-bond donors (Lipinski definition) is 2. The average molecular weight is 259 g/mol. The van der Waals surface area contributed by atoms with E-state index in [0.717, 1.165) is 13.1 Å². The van der Waals surface area contributed by atoms with Crippen LogP contribution in [0.5, 0.6) is 0 Å². The first-order chi connectivity index (χ1) is 7.53. The van der Waals surface area contributed by atoms with E-state index in [-0.39, 0.29) is 17.9 Å². The SMILES string of the molecule is COCc1ccccc1CNCC(C)(C)N.Cl. The fourth-order valence-electron chi connectivity index (χ4n) is 1.55. The van der Waals surface area contributed by atoms with E-state index in [2.05, 4.69) is 17.4 Å². The molecule has 0 amide bonds. The fraction of sp³-hybridized carbons (Fsp3) is 0.538. The molecule has 1 rings (SSSR count). The molecule has 0 saturated carbocycles. The van der Waals surface area contributed by atoms with Crippen molar-refractivity contribution in [3.63, 3.8) is 0 Å². The zero-order chi connectivity index (χ0) is 12.0. The zero-order valence-electron chi connectivity index (χ0n) is 10.8.